The van der Waals surface area contributed by atoms with Crippen LogP contribution in [0.15, 0.2) is 0 Å². The third kappa shape index (κ3) is 4.01. The second-order valence-electron chi connectivity index (χ2n) is 4.91. The summed E-state index contributed by atoms with van der Waals surface area (Å²) in [4.78, 5) is 0. The highest BCUT2D eigenvalue weighted by Crippen LogP contribution is 2.36. The van der Waals surface area contributed by atoms with E-state index in [4.69, 9.17) is 11.2 Å². The summed E-state index contributed by atoms with van der Waals surface area (Å²) in [5.41, 5.74) is 0.0415. The standard InChI is InChI=1S/C15H27NO/c1-4-7-11-14(16-5-2)15(17-6-3)12-9-8-10-13-15/h1,14,16H,5-13H2,2-3H3. The van der Waals surface area contributed by atoms with E-state index in [1.807, 2.05) is 0 Å². The van der Waals surface area contributed by atoms with Gasteiger partial charge in [-0.2, -0.15) is 0 Å². The van der Waals surface area contributed by atoms with E-state index in [9.17, 15) is 0 Å². The number of hydrogen-bond acceptors (Lipinski definition) is 2. The molecule has 1 saturated carbocycles. The molecule has 0 radical (unpaired) electrons. The molecule has 0 spiro atoms. The number of rotatable bonds is 7. The lowest BCUT2D eigenvalue weighted by Crippen LogP contribution is -2.53. The Hall–Kier alpha value is -0.520. The number of hydrogen-bond donors (Lipinski definition) is 1. The Kier molecular flexibility index (Phi) is 6.62. The van der Waals surface area contributed by atoms with Gasteiger partial charge < -0.3 is 10.1 Å². The van der Waals surface area contributed by atoms with Gasteiger partial charge in [-0.25, -0.2) is 0 Å². The SMILES string of the molecule is C#CCCC(NCC)C1(OCC)CCCCC1. The first-order chi connectivity index (χ1) is 8.29. The average Bonchev–Trinajstić information content (AvgIpc) is 2.36. The molecule has 98 valence electrons. The first-order valence-corrected chi connectivity index (χ1v) is 7.10. The molecule has 1 aliphatic carbocycles. The maximum absolute atomic E-state index is 6.15. The maximum Gasteiger partial charge on any atom is 0.0834 e. The molecule has 17 heavy (non-hydrogen) atoms. The van der Waals surface area contributed by atoms with Gasteiger partial charge in [-0.3, -0.25) is 0 Å². The zero-order valence-corrected chi connectivity index (χ0v) is 11.4. The van der Waals surface area contributed by atoms with E-state index in [2.05, 4.69) is 25.1 Å². The summed E-state index contributed by atoms with van der Waals surface area (Å²) in [6.07, 6.45) is 13.6. The fourth-order valence-electron chi connectivity index (χ4n) is 3.06. The molecule has 0 aromatic heterocycles. The normalized spacial score (nSPS) is 20.8. The van der Waals surface area contributed by atoms with Crippen molar-refractivity contribution in [2.75, 3.05) is 13.2 Å². The fourth-order valence-corrected chi connectivity index (χ4v) is 3.06. The van der Waals surface area contributed by atoms with Gasteiger partial charge in [0.25, 0.3) is 0 Å². The van der Waals surface area contributed by atoms with Crippen molar-refractivity contribution in [2.45, 2.75) is 70.4 Å². The third-order valence-corrected chi connectivity index (χ3v) is 3.79. The van der Waals surface area contributed by atoms with E-state index in [-0.39, 0.29) is 5.60 Å². The van der Waals surface area contributed by atoms with E-state index >= 15 is 0 Å². The van der Waals surface area contributed by atoms with Crippen LogP contribution in [0.25, 0.3) is 0 Å². The minimum absolute atomic E-state index is 0.0415. The molecular weight excluding hydrogens is 210 g/mol. The van der Waals surface area contributed by atoms with Crippen LogP contribution >= 0.6 is 0 Å². The second kappa shape index (κ2) is 7.74. The Morgan fingerprint density at radius 3 is 2.53 bits per heavy atom. The Labute approximate surface area is 107 Å². The van der Waals surface area contributed by atoms with Crippen molar-refractivity contribution < 1.29 is 4.74 Å². The Balaban J connectivity index is 2.71. The van der Waals surface area contributed by atoms with E-state index in [0.717, 1.165) is 26.0 Å². The summed E-state index contributed by atoms with van der Waals surface area (Å²) in [6.45, 7) is 6.05. The predicted octanol–water partition coefficient (Wildman–Crippen LogP) is 3.12. The molecule has 1 fully saturated rings. The summed E-state index contributed by atoms with van der Waals surface area (Å²) in [7, 11) is 0. The first kappa shape index (κ1) is 14.5. The van der Waals surface area contributed by atoms with E-state index in [1.54, 1.807) is 0 Å². The molecule has 2 heteroatoms. The van der Waals surface area contributed by atoms with Crippen molar-refractivity contribution in [2.24, 2.45) is 0 Å². The van der Waals surface area contributed by atoms with Gasteiger partial charge in [0.2, 0.25) is 0 Å². The molecule has 0 aromatic rings. The molecule has 2 nitrogen and oxygen atoms in total. The van der Waals surface area contributed by atoms with Crippen LogP contribution in [-0.2, 0) is 4.74 Å². The van der Waals surface area contributed by atoms with Gasteiger partial charge in [0.05, 0.1) is 5.60 Å². The number of terminal acetylenes is 1. The van der Waals surface area contributed by atoms with Crippen LogP contribution in [0, 0.1) is 12.3 Å². The molecule has 0 amide bonds. The van der Waals surface area contributed by atoms with Crippen molar-refractivity contribution in [3.05, 3.63) is 0 Å². The molecule has 0 aromatic carbocycles. The summed E-state index contributed by atoms with van der Waals surface area (Å²) in [6, 6.07) is 0.420. The minimum atomic E-state index is 0.0415. The van der Waals surface area contributed by atoms with Gasteiger partial charge in [-0.05, 0) is 32.7 Å². The zero-order valence-electron chi connectivity index (χ0n) is 11.4. The van der Waals surface area contributed by atoms with Crippen LogP contribution in [0.3, 0.4) is 0 Å². The van der Waals surface area contributed by atoms with E-state index in [0.29, 0.717) is 6.04 Å². The predicted molar refractivity (Wildman–Crippen MR) is 73.0 cm³/mol. The Bertz CT molecular complexity index is 232. The molecule has 1 unspecified atom stereocenters. The highest BCUT2D eigenvalue weighted by atomic mass is 16.5. The Morgan fingerprint density at radius 2 is 2.00 bits per heavy atom. The van der Waals surface area contributed by atoms with Crippen molar-refractivity contribution in [3.63, 3.8) is 0 Å². The molecule has 1 aliphatic rings. The first-order valence-electron chi connectivity index (χ1n) is 7.10. The van der Waals surface area contributed by atoms with Gasteiger partial charge >= 0.3 is 0 Å². The summed E-state index contributed by atoms with van der Waals surface area (Å²) >= 11 is 0. The van der Waals surface area contributed by atoms with Crippen LogP contribution in [0.5, 0.6) is 0 Å². The van der Waals surface area contributed by atoms with Gasteiger partial charge in [0.1, 0.15) is 0 Å². The minimum Gasteiger partial charge on any atom is -0.374 e. The summed E-state index contributed by atoms with van der Waals surface area (Å²) < 4.78 is 6.15. The smallest absolute Gasteiger partial charge is 0.0834 e. The number of likely N-dealkylation sites (N-methyl/N-ethyl adjacent to an activating group) is 1. The van der Waals surface area contributed by atoms with Gasteiger partial charge in [-0.1, -0.05) is 26.2 Å². The lowest BCUT2D eigenvalue weighted by Gasteiger charge is -2.43. The van der Waals surface area contributed by atoms with Crippen LogP contribution in [0.2, 0.25) is 0 Å². The third-order valence-electron chi connectivity index (χ3n) is 3.79. The molecule has 1 atom stereocenters. The largest absolute Gasteiger partial charge is 0.374 e. The number of ether oxygens (including phenoxy) is 1. The molecule has 0 saturated heterocycles. The van der Waals surface area contributed by atoms with Crippen molar-refractivity contribution in [1.82, 2.24) is 5.32 Å². The maximum atomic E-state index is 6.15. The van der Waals surface area contributed by atoms with Crippen molar-refractivity contribution in [1.29, 1.82) is 0 Å². The van der Waals surface area contributed by atoms with Crippen molar-refractivity contribution >= 4 is 0 Å². The Morgan fingerprint density at radius 1 is 1.29 bits per heavy atom. The van der Waals surface area contributed by atoms with Gasteiger partial charge in [0, 0.05) is 19.1 Å². The molecule has 1 N–H and O–H groups in total. The fraction of sp³-hybridized carbons (Fsp3) is 0.867. The van der Waals surface area contributed by atoms with Gasteiger partial charge in [-0.15, -0.1) is 12.3 Å². The van der Waals surface area contributed by atoms with Crippen LogP contribution in [-0.4, -0.2) is 24.8 Å². The summed E-state index contributed by atoms with van der Waals surface area (Å²) in [5, 5.41) is 3.59. The van der Waals surface area contributed by atoms with E-state index in [1.165, 1.54) is 32.1 Å². The highest BCUT2D eigenvalue weighted by Gasteiger charge is 2.39. The van der Waals surface area contributed by atoms with E-state index < -0.39 is 0 Å². The quantitative estimate of drug-likeness (QED) is 0.687. The van der Waals surface area contributed by atoms with Crippen LogP contribution < -0.4 is 5.32 Å². The average molecular weight is 237 g/mol. The molecule has 0 bridgehead atoms. The van der Waals surface area contributed by atoms with Gasteiger partial charge in [0.15, 0.2) is 0 Å². The molecule has 0 aliphatic heterocycles. The monoisotopic (exact) mass is 237 g/mol. The van der Waals surface area contributed by atoms with Crippen molar-refractivity contribution in [3.8, 4) is 12.3 Å². The lowest BCUT2D eigenvalue weighted by molar-refractivity contribution is -0.0909. The molecule has 0 heterocycles. The van der Waals surface area contributed by atoms with Crippen LogP contribution in [0.4, 0.5) is 0 Å². The lowest BCUT2D eigenvalue weighted by atomic mass is 9.77. The zero-order chi connectivity index (χ0) is 12.6. The second-order valence-corrected chi connectivity index (χ2v) is 4.91. The van der Waals surface area contributed by atoms with Crippen LogP contribution in [0.1, 0.15) is 58.8 Å². The number of nitrogens with one attached hydrogen (secondary N) is 1. The topological polar surface area (TPSA) is 21.3 Å². The highest BCUT2D eigenvalue weighted by molar-refractivity contribution is 4.98. The summed E-state index contributed by atoms with van der Waals surface area (Å²) in [5.74, 6) is 2.76. The molecule has 1 rings (SSSR count). The molecular formula is C15H27NO.